The summed E-state index contributed by atoms with van der Waals surface area (Å²) in [4.78, 5) is 4.02. The lowest BCUT2D eigenvalue weighted by Gasteiger charge is -2.18. The Morgan fingerprint density at radius 1 is 1.53 bits per heavy atom. The van der Waals surface area contributed by atoms with Crippen LogP contribution in [0.2, 0.25) is 5.02 Å². The maximum absolute atomic E-state index is 6.14. The van der Waals surface area contributed by atoms with Crippen molar-refractivity contribution >= 4 is 23.4 Å². The maximum atomic E-state index is 6.14. The molecule has 1 atom stereocenters. The van der Waals surface area contributed by atoms with Gasteiger partial charge < -0.3 is 5.32 Å². The molecule has 0 aliphatic heterocycles. The molecule has 0 spiro atoms. The van der Waals surface area contributed by atoms with Crippen LogP contribution in [-0.4, -0.2) is 29.6 Å². The molecular weight excluding hydrogens is 252 g/mol. The van der Waals surface area contributed by atoms with E-state index in [4.69, 9.17) is 11.6 Å². The number of nitrogens with zero attached hydrogens (tertiary/aromatic N) is 1. The minimum atomic E-state index is 0.516. The highest BCUT2D eigenvalue weighted by Crippen LogP contribution is 2.17. The van der Waals surface area contributed by atoms with Crippen LogP contribution in [0.3, 0.4) is 0 Å². The third-order valence-corrected chi connectivity index (χ3v) is 3.66. The van der Waals surface area contributed by atoms with E-state index < -0.39 is 0 Å². The predicted molar refractivity (Wildman–Crippen MR) is 78.0 cm³/mol. The van der Waals surface area contributed by atoms with Crippen LogP contribution < -0.4 is 5.32 Å². The Kier molecular flexibility index (Phi) is 7.65. The minimum absolute atomic E-state index is 0.516. The number of rotatable bonds is 8. The van der Waals surface area contributed by atoms with Gasteiger partial charge in [0.05, 0.1) is 5.02 Å². The second-order valence-corrected chi connectivity index (χ2v) is 5.50. The Morgan fingerprint density at radius 3 is 3.00 bits per heavy atom. The number of pyridine rings is 1. The van der Waals surface area contributed by atoms with Gasteiger partial charge in [-0.3, -0.25) is 4.98 Å². The second-order valence-electron chi connectivity index (χ2n) is 4.10. The fraction of sp³-hybridized carbons (Fsp3) is 0.615. The summed E-state index contributed by atoms with van der Waals surface area (Å²) in [5.41, 5.74) is 1.19. The number of hydrogen-bond donors (Lipinski definition) is 1. The van der Waals surface area contributed by atoms with Crippen LogP contribution in [0.4, 0.5) is 0 Å². The minimum Gasteiger partial charge on any atom is -0.314 e. The van der Waals surface area contributed by atoms with Crippen LogP contribution in [0, 0.1) is 0 Å². The van der Waals surface area contributed by atoms with E-state index in [1.165, 1.54) is 24.2 Å². The molecule has 0 aliphatic carbocycles. The smallest absolute Gasteiger partial charge is 0.0621 e. The number of aromatic nitrogens is 1. The third-order valence-electron chi connectivity index (χ3n) is 2.68. The lowest BCUT2D eigenvalue weighted by atomic mass is 10.0. The Labute approximate surface area is 114 Å². The summed E-state index contributed by atoms with van der Waals surface area (Å²) in [6.07, 6.45) is 9.02. The standard InChI is InChI=1S/C13H21ClN2S/c1-3-6-16-12(5-8-17-2)9-11-4-7-15-10-13(11)14/h4,7,10,12,16H,3,5-6,8-9H2,1-2H3. The van der Waals surface area contributed by atoms with Gasteiger partial charge in [0.2, 0.25) is 0 Å². The average Bonchev–Trinajstić information content (AvgIpc) is 2.35. The van der Waals surface area contributed by atoms with Crippen molar-refractivity contribution in [3.8, 4) is 0 Å². The van der Waals surface area contributed by atoms with E-state index in [1.54, 1.807) is 6.20 Å². The molecule has 17 heavy (non-hydrogen) atoms. The van der Waals surface area contributed by atoms with Crippen molar-refractivity contribution in [3.63, 3.8) is 0 Å². The third kappa shape index (κ3) is 5.75. The molecule has 1 rings (SSSR count). The molecule has 1 heterocycles. The van der Waals surface area contributed by atoms with Gasteiger partial charge in [0.1, 0.15) is 0 Å². The van der Waals surface area contributed by atoms with Gasteiger partial charge in [0.25, 0.3) is 0 Å². The van der Waals surface area contributed by atoms with E-state index >= 15 is 0 Å². The van der Waals surface area contributed by atoms with Crippen LogP contribution >= 0.6 is 23.4 Å². The van der Waals surface area contributed by atoms with Gasteiger partial charge in [0, 0.05) is 18.4 Å². The number of hydrogen-bond acceptors (Lipinski definition) is 3. The van der Waals surface area contributed by atoms with Crippen LogP contribution in [0.25, 0.3) is 0 Å². The molecule has 0 bridgehead atoms. The van der Waals surface area contributed by atoms with Gasteiger partial charge in [0.15, 0.2) is 0 Å². The summed E-state index contributed by atoms with van der Waals surface area (Å²) in [5, 5.41) is 4.37. The lowest BCUT2D eigenvalue weighted by Crippen LogP contribution is -2.32. The quantitative estimate of drug-likeness (QED) is 0.785. The van der Waals surface area contributed by atoms with Gasteiger partial charge >= 0.3 is 0 Å². The van der Waals surface area contributed by atoms with Crippen LogP contribution in [0.5, 0.6) is 0 Å². The number of halogens is 1. The first-order valence-corrected chi connectivity index (χ1v) is 7.85. The highest BCUT2D eigenvalue weighted by Gasteiger charge is 2.10. The largest absolute Gasteiger partial charge is 0.314 e. The first-order valence-electron chi connectivity index (χ1n) is 6.08. The van der Waals surface area contributed by atoms with Crippen molar-refractivity contribution in [2.24, 2.45) is 0 Å². The van der Waals surface area contributed by atoms with Crippen molar-refractivity contribution in [1.29, 1.82) is 0 Å². The fourth-order valence-electron chi connectivity index (χ4n) is 1.72. The molecule has 96 valence electrons. The normalized spacial score (nSPS) is 12.6. The molecule has 0 aliphatic rings. The highest BCUT2D eigenvalue weighted by atomic mass is 35.5. The summed E-state index contributed by atoms with van der Waals surface area (Å²) in [7, 11) is 0. The Morgan fingerprint density at radius 2 is 2.35 bits per heavy atom. The van der Waals surface area contributed by atoms with Gasteiger partial charge in [-0.2, -0.15) is 11.8 Å². The SMILES string of the molecule is CCCNC(CCSC)Cc1ccncc1Cl. The maximum Gasteiger partial charge on any atom is 0.0621 e. The van der Waals surface area contributed by atoms with E-state index in [0.29, 0.717) is 6.04 Å². The molecule has 1 aromatic heterocycles. The van der Waals surface area contributed by atoms with E-state index in [0.717, 1.165) is 18.0 Å². The highest BCUT2D eigenvalue weighted by molar-refractivity contribution is 7.98. The molecule has 0 saturated heterocycles. The first kappa shape index (κ1) is 14.8. The van der Waals surface area contributed by atoms with Crippen LogP contribution in [-0.2, 0) is 6.42 Å². The molecule has 2 nitrogen and oxygen atoms in total. The molecule has 0 saturated carbocycles. The van der Waals surface area contributed by atoms with Crippen LogP contribution in [0.15, 0.2) is 18.5 Å². The van der Waals surface area contributed by atoms with Gasteiger partial charge in [-0.1, -0.05) is 18.5 Å². The molecule has 1 N–H and O–H groups in total. The zero-order valence-corrected chi connectivity index (χ0v) is 12.2. The average molecular weight is 273 g/mol. The van der Waals surface area contributed by atoms with Crippen molar-refractivity contribution < 1.29 is 0 Å². The topological polar surface area (TPSA) is 24.9 Å². The van der Waals surface area contributed by atoms with Crippen molar-refractivity contribution in [2.45, 2.75) is 32.2 Å². The van der Waals surface area contributed by atoms with Crippen molar-refractivity contribution in [3.05, 3.63) is 29.0 Å². The Hall–Kier alpha value is -0.250. The predicted octanol–water partition coefficient (Wildman–Crippen LogP) is 3.40. The monoisotopic (exact) mass is 272 g/mol. The number of thioether (sulfide) groups is 1. The molecule has 0 radical (unpaired) electrons. The molecule has 0 aromatic carbocycles. The zero-order valence-electron chi connectivity index (χ0n) is 10.6. The molecule has 1 unspecified atom stereocenters. The molecule has 4 heteroatoms. The van der Waals surface area contributed by atoms with E-state index in [9.17, 15) is 0 Å². The summed E-state index contributed by atoms with van der Waals surface area (Å²) in [6.45, 7) is 3.26. The molecule has 0 amide bonds. The van der Waals surface area contributed by atoms with E-state index in [2.05, 4.69) is 23.5 Å². The summed E-state index contributed by atoms with van der Waals surface area (Å²) in [6, 6.07) is 2.53. The Bertz CT molecular complexity index is 312. The summed E-state index contributed by atoms with van der Waals surface area (Å²) < 4.78 is 0. The fourth-order valence-corrected chi connectivity index (χ4v) is 2.44. The number of nitrogens with one attached hydrogen (secondary N) is 1. The lowest BCUT2D eigenvalue weighted by molar-refractivity contribution is 0.497. The zero-order chi connectivity index (χ0) is 12.5. The van der Waals surface area contributed by atoms with Crippen LogP contribution in [0.1, 0.15) is 25.3 Å². The first-order chi connectivity index (χ1) is 8.27. The Balaban J connectivity index is 2.55. The second kappa shape index (κ2) is 8.78. The van der Waals surface area contributed by atoms with Gasteiger partial charge in [-0.25, -0.2) is 0 Å². The van der Waals surface area contributed by atoms with E-state index in [1.807, 2.05) is 24.0 Å². The molecular formula is C13H21ClN2S. The summed E-state index contributed by atoms with van der Waals surface area (Å²) >= 11 is 8.03. The van der Waals surface area contributed by atoms with Crippen molar-refractivity contribution in [2.75, 3.05) is 18.6 Å². The van der Waals surface area contributed by atoms with Gasteiger partial charge in [-0.15, -0.1) is 0 Å². The molecule has 1 aromatic rings. The molecule has 0 fully saturated rings. The summed E-state index contributed by atoms with van der Waals surface area (Å²) in [5.74, 6) is 1.18. The van der Waals surface area contributed by atoms with Crippen molar-refractivity contribution in [1.82, 2.24) is 10.3 Å². The van der Waals surface area contributed by atoms with E-state index in [-0.39, 0.29) is 0 Å². The van der Waals surface area contributed by atoms with Gasteiger partial charge in [-0.05, 0) is 49.4 Å².